The Hall–Kier alpha value is -1.25. The van der Waals surface area contributed by atoms with Gasteiger partial charge in [-0.05, 0) is 50.1 Å². The van der Waals surface area contributed by atoms with Crippen LogP contribution in [0.5, 0.6) is 11.6 Å². The molecule has 0 amide bonds. The molecular formula is C10H7Br2FN4O. The van der Waals surface area contributed by atoms with E-state index in [4.69, 9.17) is 10.6 Å². The molecule has 0 spiro atoms. The fourth-order valence-corrected chi connectivity index (χ4v) is 2.02. The molecule has 1 aromatic carbocycles. The molecular weight excluding hydrogens is 371 g/mol. The molecule has 5 nitrogen and oxygen atoms in total. The van der Waals surface area contributed by atoms with E-state index >= 15 is 0 Å². The number of nitrogen functional groups attached to an aromatic ring is 1. The number of rotatable bonds is 3. The number of anilines is 1. The highest BCUT2D eigenvalue weighted by Gasteiger charge is 2.12. The van der Waals surface area contributed by atoms with Crippen molar-refractivity contribution < 1.29 is 9.13 Å². The third-order valence-electron chi connectivity index (χ3n) is 1.99. The van der Waals surface area contributed by atoms with Gasteiger partial charge in [0, 0.05) is 0 Å². The van der Waals surface area contributed by atoms with Crippen LogP contribution in [-0.4, -0.2) is 9.97 Å². The van der Waals surface area contributed by atoms with Crippen molar-refractivity contribution >= 4 is 37.7 Å². The Kier molecular flexibility index (Phi) is 4.10. The molecule has 8 heteroatoms. The lowest BCUT2D eigenvalue weighted by molar-refractivity contribution is 0.454. The van der Waals surface area contributed by atoms with Gasteiger partial charge >= 0.3 is 0 Å². The van der Waals surface area contributed by atoms with Gasteiger partial charge in [0.2, 0.25) is 5.88 Å². The van der Waals surface area contributed by atoms with Crippen LogP contribution >= 0.6 is 31.9 Å². The van der Waals surface area contributed by atoms with Gasteiger partial charge in [0.25, 0.3) is 0 Å². The van der Waals surface area contributed by atoms with Gasteiger partial charge in [-0.2, -0.15) is 0 Å². The third kappa shape index (κ3) is 2.77. The molecule has 2 rings (SSSR count). The van der Waals surface area contributed by atoms with Crippen molar-refractivity contribution in [2.45, 2.75) is 0 Å². The second-order valence-corrected chi connectivity index (χ2v) is 4.81. The van der Waals surface area contributed by atoms with Crippen molar-refractivity contribution in [1.82, 2.24) is 9.97 Å². The van der Waals surface area contributed by atoms with Gasteiger partial charge in [0.05, 0.1) is 4.47 Å². The lowest BCUT2D eigenvalue weighted by atomic mass is 10.3. The van der Waals surface area contributed by atoms with Gasteiger partial charge < -0.3 is 10.2 Å². The standard InChI is InChI=1S/C10H7Br2FN4O/c11-6-3-5(13)1-2-7(6)18-10-8(12)9(17-14)15-4-16-10/h1-4H,14H2,(H,15,16,17). The first-order valence-electron chi connectivity index (χ1n) is 4.72. The number of hydrogen-bond donors (Lipinski definition) is 2. The minimum absolute atomic E-state index is 0.269. The zero-order chi connectivity index (χ0) is 13.1. The Morgan fingerprint density at radius 1 is 1.28 bits per heavy atom. The Bertz CT molecular complexity index is 582. The van der Waals surface area contributed by atoms with Crippen molar-refractivity contribution in [2.75, 3.05) is 5.43 Å². The molecule has 0 unspecified atom stereocenters. The van der Waals surface area contributed by atoms with E-state index in [1.54, 1.807) is 0 Å². The summed E-state index contributed by atoms with van der Waals surface area (Å²) in [7, 11) is 0. The van der Waals surface area contributed by atoms with E-state index < -0.39 is 0 Å². The maximum Gasteiger partial charge on any atom is 0.238 e. The molecule has 2 aromatic rings. The number of hydrazine groups is 1. The van der Waals surface area contributed by atoms with E-state index in [9.17, 15) is 4.39 Å². The minimum atomic E-state index is -0.361. The van der Waals surface area contributed by atoms with Crippen molar-refractivity contribution in [3.05, 3.63) is 39.3 Å². The molecule has 0 fully saturated rings. The number of nitrogens with two attached hydrogens (primary N) is 1. The van der Waals surface area contributed by atoms with Gasteiger partial charge in [-0.25, -0.2) is 20.2 Å². The number of hydrogen-bond acceptors (Lipinski definition) is 5. The van der Waals surface area contributed by atoms with Crippen LogP contribution in [0.2, 0.25) is 0 Å². The first-order chi connectivity index (χ1) is 8.61. The number of nitrogens with zero attached hydrogens (tertiary/aromatic N) is 2. The average Bonchev–Trinajstić information content (AvgIpc) is 2.35. The fraction of sp³-hybridized carbons (Fsp3) is 0. The van der Waals surface area contributed by atoms with Crippen molar-refractivity contribution in [3.8, 4) is 11.6 Å². The van der Waals surface area contributed by atoms with Gasteiger partial charge in [-0.15, -0.1) is 0 Å². The summed E-state index contributed by atoms with van der Waals surface area (Å²) < 4.78 is 19.4. The van der Waals surface area contributed by atoms with E-state index in [2.05, 4.69) is 47.3 Å². The van der Waals surface area contributed by atoms with Gasteiger partial charge in [-0.1, -0.05) is 0 Å². The molecule has 0 aliphatic heterocycles. The maximum absolute atomic E-state index is 12.9. The highest BCUT2D eigenvalue weighted by atomic mass is 79.9. The molecule has 0 atom stereocenters. The van der Waals surface area contributed by atoms with E-state index in [1.165, 1.54) is 24.5 Å². The Labute approximate surface area is 119 Å². The number of ether oxygens (including phenoxy) is 1. The first kappa shape index (κ1) is 13.2. The highest BCUT2D eigenvalue weighted by Crippen LogP contribution is 2.34. The average molecular weight is 378 g/mol. The SMILES string of the molecule is NNc1ncnc(Oc2ccc(F)cc2Br)c1Br. The van der Waals surface area contributed by atoms with E-state index in [0.717, 1.165) is 0 Å². The van der Waals surface area contributed by atoms with Crippen LogP contribution in [0.25, 0.3) is 0 Å². The Morgan fingerprint density at radius 2 is 2.06 bits per heavy atom. The van der Waals surface area contributed by atoms with Crippen LogP contribution in [0.15, 0.2) is 33.5 Å². The summed E-state index contributed by atoms with van der Waals surface area (Å²) in [5.74, 6) is 6.00. The second-order valence-electron chi connectivity index (χ2n) is 3.16. The van der Waals surface area contributed by atoms with E-state index in [1.807, 2.05) is 0 Å². The number of nitrogens with one attached hydrogen (secondary N) is 1. The van der Waals surface area contributed by atoms with Crippen LogP contribution in [0.4, 0.5) is 10.2 Å². The summed E-state index contributed by atoms with van der Waals surface area (Å²) in [4.78, 5) is 7.85. The summed E-state index contributed by atoms with van der Waals surface area (Å²) in [6, 6.07) is 4.08. The number of halogens is 3. The molecule has 94 valence electrons. The normalized spacial score (nSPS) is 10.2. The van der Waals surface area contributed by atoms with E-state index in [0.29, 0.717) is 20.5 Å². The minimum Gasteiger partial charge on any atom is -0.436 e. The molecule has 0 radical (unpaired) electrons. The summed E-state index contributed by atoms with van der Waals surface area (Å²) in [6.07, 6.45) is 1.30. The van der Waals surface area contributed by atoms with Gasteiger partial charge in [0.1, 0.15) is 22.4 Å². The maximum atomic E-state index is 12.9. The molecule has 0 saturated carbocycles. The van der Waals surface area contributed by atoms with Gasteiger partial charge in [-0.3, -0.25) is 0 Å². The molecule has 3 N–H and O–H groups in total. The molecule has 0 aliphatic rings. The zero-order valence-corrected chi connectivity index (χ0v) is 12.0. The summed E-state index contributed by atoms with van der Waals surface area (Å²) in [6.45, 7) is 0. The third-order valence-corrected chi connectivity index (χ3v) is 3.33. The predicted octanol–water partition coefficient (Wildman–Crippen LogP) is 3.22. The van der Waals surface area contributed by atoms with Crippen LogP contribution < -0.4 is 16.0 Å². The van der Waals surface area contributed by atoms with Crippen molar-refractivity contribution in [2.24, 2.45) is 5.84 Å². The fourth-order valence-electron chi connectivity index (χ4n) is 1.19. The van der Waals surface area contributed by atoms with Crippen molar-refractivity contribution in [3.63, 3.8) is 0 Å². The summed E-state index contributed by atoms with van der Waals surface area (Å²) >= 11 is 6.46. The monoisotopic (exact) mass is 376 g/mol. The van der Waals surface area contributed by atoms with Crippen LogP contribution in [-0.2, 0) is 0 Å². The zero-order valence-electron chi connectivity index (χ0n) is 8.82. The van der Waals surface area contributed by atoms with Crippen LogP contribution in [0.1, 0.15) is 0 Å². The number of aromatic nitrogens is 2. The quantitative estimate of drug-likeness (QED) is 0.634. The van der Waals surface area contributed by atoms with Gasteiger partial charge in [0.15, 0.2) is 5.82 Å². The predicted molar refractivity (Wildman–Crippen MR) is 71.7 cm³/mol. The largest absolute Gasteiger partial charge is 0.436 e. The molecule has 18 heavy (non-hydrogen) atoms. The molecule has 1 aromatic heterocycles. The number of benzene rings is 1. The molecule has 0 aliphatic carbocycles. The molecule has 0 saturated heterocycles. The Morgan fingerprint density at radius 3 is 2.72 bits per heavy atom. The highest BCUT2D eigenvalue weighted by molar-refractivity contribution is 9.11. The molecule has 1 heterocycles. The van der Waals surface area contributed by atoms with E-state index in [-0.39, 0.29) is 11.7 Å². The lowest BCUT2D eigenvalue weighted by Gasteiger charge is -2.09. The lowest BCUT2D eigenvalue weighted by Crippen LogP contribution is -2.09. The van der Waals surface area contributed by atoms with Crippen molar-refractivity contribution in [1.29, 1.82) is 0 Å². The van der Waals surface area contributed by atoms with Crippen LogP contribution in [0, 0.1) is 5.82 Å². The molecule has 0 bridgehead atoms. The van der Waals surface area contributed by atoms with Crippen LogP contribution in [0.3, 0.4) is 0 Å². The summed E-state index contributed by atoms with van der Waals surface area (Å²) in [5, 5.41) is 0. The topological polar surface area (TPSA) is 73.1 Å². The smallest absolute Gasteiger partial charge is 0.238 e. The summed E-state index contributed by atoms with van der Waals surface area (Å²) in [5.41, 5.74) is 2.40. The Balaban J connectivity index is 2.34. The second kappa shape index (κ2) is 5.59. The first-order valence-corrected chi connectivity index (χ1v) is 6.30.